The quantitative estimate of drug-likeness (QED) is 0.457. The number of aromatic nitrogens is 5. The molecule has 31 heavy (non-hydrogen) atoms. The van der Waals surface area contributed by atoms with Crippen LogP contribution in [0.15, 0.2) is 44.8 Å². The zero-order valence-electron chi connectivity index (χ0n) is 17.9. The Morgan fingerprint density at radius 2 is 2.00 bits per heavy atom. The minimum Gasteiger partial charge on any atom is -0.338 e. The summed E-state index contributed by atoms with van der Waals surface area (Å²) in [5.74, 6) is 0.639. The van der Waals surface area contributed by atoms with Crippen molar-refractivity contribution in [1.82, 2.24) is 24.3 Å². The lowest BCUT2D eigenvalue weighted by Gasteiger charge is -2.12. The molecule has 0 aliphatic heterocycles. The summed E-state index contributed by atoms with van der Waals surface area (Å²) in [6, 6.07) is 9.08. The molecule has 3 heterocycles. The molecule has 3 aromatic heterocycles. The summed E-state index contributed by atoms with van der Waals surface area (Å²) in [6.07, 6.45) is 0.791. The van der Waals surface area contributed by atoms with Crippen LogP contribution in [0.5, 0.6) is 0 Å². The summed E-state index contributed by atoms with van der Waals surface area (Å²) >= 11 is 1.24. The van der Waals surface area contributed by atoms with Crippen molar-refractivity contribution in [1.29, 1.82) is 0 Å². The van der Waals surface area contributed by atoms with Crippen molar-refractivity contribution >= 4 is 40.2 Å². The molecule has 4 rings (SSSR count). The number of anilines is 1. The second kappa shape index (κ2) is 8.18. The molecule has 0 radical (unpaired) electrons. The maximum absolute atomic E-state index is 12.9. The van der Waals surface area contributed by atoms with E-state index in [4.69, 9.17) is 4.52 Å². The molecule has 0 aliphatic rings. The normalized spacial score (nSPS) is 12.0. The van der Waals surface area contributed by atoms with E-state index >= 15 is 0 Å². The van der Waals surface area contributed by atoms with Gasteiger partial charge in [-0.05, 0) is 18.6 Å². The third-order valence-electron chi connectivity index (χ3n) is 4.80. The average Bonchev–Trinajstić information content (AvgIpc) is 3.37. The molecule has 4 aromatic rings. The van der Waals surface area contributed by atoms with Gasteiger partial charge in [-0.2, -0.15) is 0 Å². The number of thioether (sulfide) groups is 1. The molecule has 0 spiro atoms. The summed E-state index contributed by atoms with van der Waals surface area (Å²) in [5.41, 5.74) is 1.22. The number of fused-ring (bicyclic) bond motifs is 3. The van der Waals surface area contributed by atoms with E-state index in [1.54, 1.807) is 16.7 Å². The van der Waals surface area contributed by atoms with Gasteiger partial charge in [-0.15, -0.1) is 10.2 Å². The lowest BCUT2D eigenvalue weighted by molar-refractivity contribution is -0.113. The van der Waals surface area contributed by atoms with Crippen LogP contribution in [-0.2, 0) is 16.8 Å². The second-order valence-electron chi connectivity index (χ2n) is 8.26. The number of nitrogens with one attached hydrogen (secondary N) is 1. The van der Waals surface area contributed by atoms with Crippen LogP contribution >= 0.6 is 11.8 Å². The Labute approximate surface area is 182 Å². The number of nitrogens with zero attached hydrogens (tertiary/aromatic N) is 5. The Morgan fingerprint density at radius 3 is 2.71 bits per heavy atom. The van der Waals surface area contributed by atoms with Gasteiger partial charge in [-0.3, -0.25) is 23.9 Å². The molecular weight excluding hydrogens is 416 g/mol. The monoisotopic (exact) mass is 440 g/mol. The number of hydrogen-bond acceptors (Lipinski definition) is 7. The van der Waals surface area contributed by atoms with Gasteiger partial charge in [0.2, 0.25) is 17.6 Å². The van der Waals surface area contributed by atoms with Gasteiger partial charge < -0.3 is 4.52 Å². The zero-order valence-corrected chi connectivity index (χ0v) is 18.7. The highest BCUT2D eigenvalue weighted by Gasteiger charge is 2.21. The molecule has 1 amide bonds. The second-order valence-corrected chi connectivity index (χ2v) is 9.20. The highest BCUT2D eigenvalue weighted by molar-refractivity contribution is 7.99. The summed E-state index contributed by atoms with van der Waals surface area (Å²) < 4.78 is 8.68. The van der Waals surface area contributed by atoms with Crippen LogP contribution in [0.4, 0.5) is 5.88 Å². The summed E-state index contributed by atoms with van der Waals surface area (Å²) in [5, 5.41) is 16.3. The van der Waals surface area contributed by atoms with Gasteiger partial charge in [-0.25, -0.2) is 0 Å². The molecule has 10 heteroatoms. The van der Waals surface area contributed by atoms with Crippen molar-refractivity contribution in [2.24, 2.45) is 0 Å². The lowest BCUT2D eigenvalue weighted by Crippen LogP contribution is -2.23. The predicted molar refractivity (Wildman–Crippen MR) is 120 cm³/mol. The molecule has 0 atom stereocenters. The Kier molecular flexibility index (Phi) is 5.57. The van der Waals surface area contributed by atoms with Gasteiger partial charge in [-0.1, -0.05) is 56.7 Å². The lowest BCUT2D eigenvalue weighted by atomic mass is 9.92. The van der Waals surface area contributed by atoms with E-state index in [0.717, 1.165) is 12.1 Å². The van der Waals surface area contributed by atoms with Crippen LogP contribution in [0, 0.1) is 0 Å². The largest absolute Gasteiger partial charge is 0.338 e. The number of para-hydroxylation sites is 1. The standard InChI is InChI=1S/C21H24N6O3S/c1-5-10-26-18(29)13-8-6-7-9-14(13)27-19(26)23-24-20(27)31-12-16(28)22-17-11-15(25-30-17)21(2,3)4/h6-9,11H,5,10,12H2,1-4H3,(H,22,28). The first-order valence-corrected chi connectivity index (χ1v) is 11.0. The smallest absolute Gasteiger partial charge is 0.262 e. The minimum atomic E-state index is -0.246. The Bertz CT molecular complexity index is 1310. The van der Waals surface area contributed by atoms with Crippen LogP contribution in [0.25, 0.3) is 16.7 Å². The molecule has 162 valence electrons. The minimum absolute atomic E-state index is 0.0911. The first kappa shape index (κ1) is 21.1. The highest BCUT2D eigenvalue weighted by atomic mass is 32.2. The number of hydrogen-bond donors (Lipinski definition) is 1. The molecule has 0 saturated heterocycles. The van der Waals surface area contributed by atoms with Crippen molar-refractivity contribution in [3.05, 3.63) is 46.4 Å². The first-order valence-electron chi connectivity index (χ1n) is 10.1. The van der Waals surface area contributed by atoms with Crippen molar-refractivity contribution in [3.63, 3.8) is 0 Å². The van der Waals surface area contributed by atoms with Gasteiger partial charge in [0.25, 0.3) is 5.56 Å². The van der Waals surface area contributed by atoms with E-state index in [1.165, 1.54) is 11.8 Å². The van der Waals surface area contributed by atoms with Gasteiger partial charge >= 0.3 is 0 Å². The fourth-order valence-corrected chi connectivity index (χ4v) is 3.98. The van der Waals surface area contributed by atoms with Crippen molar-refractivity contribution < 1.29 is 9.32 Å². The first-order chi connectivity index (χ1) is 14.8. The SMILES string of the molecule is CCCn1c(=O)c2ccccc2n2c(SCC(=O)Nc3cc(C(C)(C)C)no3)nnc12. The van der Waals surface area contributed by atoms with Crippen LogP contribution in [0.2, 0.25) is 0 Å². The Hall–Kier alpha value is -3.14. The zero-order chi connectivity index (χ0) is 22.2. The molecule has 9 nitrogen and oxygen atoms in total. The van der Waals surface area contributed by atoms with Crippen LogP contribution in [0.3, 0.4) is 0 Å². The molecule has 1 N–H and O–H groups in total. The van der Waals surface area contributed by atoms with E-state index in [0.29, 0.717) is 34.3 Å². The number of amides is 1. The van der Waals surface area contributed by atoms with E-state index in [-0.39, 0.29) is 22.6 Å². The number of aryl methyl sites for hydroxylation is 1. The van der Waals surface area contributed by atoms with Gasteiger partial charge in [0.15, 0.2) is 5.16 Å². The molecule has 0 aliphatic carbocycles. The summed E-state index contributed by atoms with van der Waals surface area (Å²) in [6.45, 7) is 8.60. The van der Waals surface area contributed by atoms with E-state index in [1.807, 2.05) is 50.3 Å². The van der Waals surface area contributed by atoms with E-state index < -0.39 is 0 Å². The van der Waals surface area contributed by atoms with Gasteiger partial charge in [0, 0.05) is 18.0 Å². The predicted octanol–water partition coefficient (Wildman–Crippen LogP) is 3.47. The van der Waals surface area contributed by atoms with E-state index in [9.17, 15) is 9.59 Å². The van der Waals surface area contributed by atoms with Gasteiger partial charge in [0.1, 0.15) is 0 Å². The fourth-order valence-electron chi connectivity index (χ4n) is 3.24. The van der Waals surface area contributed by atoms with E-state index in [2.05, 4.69) is 20.7 Å². The molecule has 1 aromatic carbocycles. The van der Waals surface area contributed by atoms with Crippen molar-refractivity contribution in [3.8, 4) is 0 Å². The number of benzene rings is 1. The Balaban J connectivity index is 1.60. The van der Waals surface area contributed by atoms with Crippen molar-refractivity contribution in [2.45, 2.75) is 51.2 Å². The third kappa shape index (κ3) is 4.07. The molecule has 0 saturated carbocycles. The molecular formula is C21H24N6O3S. The maximum Gasteiger partial charge on any atom is 0.262 e. The molecule has 0 fully saturated rings. The molecule has 0 unspecified atom stereocenters. The number of carbonyl (C=O) groups is 1. The summed E-state index contributed by atoms with van der Waals surface area (Å²) in [7, 11) is 0. The average molecular weight is 441 g/mol. The van der Waals surface area contributed by atoms with Gasteiger partial charge in [0.05, 0.1) is 22.3 Å². The number of carbonyl (C=O) groups excluding carboxylic acids is 1. The highest BCUT2D eigenvalue weighted by Crippen LogP contribution is 2.25. The Morgan fingerprint density at radius 1 is 1.23 bits per heavy atom. The molecule has 0 bridgehead atoms. The maximum atomic E-state index is 12.9. The topological polar surface area (TPSA) is 107 Å². The third-order valence-corrected chi connectivity index (χ3v) is 5.73. The van der Waals surface area contributed by atoms with Crippen molar-refractivity contribution in [2.75, 3.05) is 11.1 Å². The fraction of sp³-hybridized carbons (Fsp3) is 0.381. The number of rotatable bonds is 6. The van der Waals surface area contributed by atoms with Crippen LogP contribution in [0.1, 0.15) is 39.8 Å². The summed E-state index contributed by atoms with van der Waals surface area (Å²) in [4.78, 5) is 25.3. The van der Waals surface area contributed by atoms with Crippen LogP contribution < -0.4 is 10.9 Å². The van der Waals surface area contributed by atoms with Crippen LogP contribution in [-0.4, -0.2) is 36.0 Å².